The van der Waals surface area contributed by atoms with Gasteiger partial charge in [0, 0.05) is 6.04 Å². The number of hydrogen-bond donors (Lipinski definition) is 1. The van der Waals surface area contributed by atoms with E-state index in [1.165, 1.54) is 0 Å². The quantitative estimate of drug-likeness (QED) is 0.613. The first-order valence-corrected chi connectivity index (χ1v) is 3.89. The van der Waals surface area contributed by atoms with Crippen molar-refractivity contribution in [1.29, 1.82) is 0 Å². The third kappa shape index (κ3) is 7.07. The van der Waals surface area contributed by atoms with Crippen molar-refractivity contribution < 1.29 is 0 Å². The maximum Gasteiger partial charge on any atom is 0.00506 e. The molecule has 0 aromatic rings. The van der Waals surface area contributed by atoms with Crippen LogP contribution in [-0.2, 0) is 0 Å². The van der Waals surface area contributed by atoms with Gasteiger partial charge in [0.05, 0.1) is 0 Å². The van der Waals surface area contributed by atoms with Crippen molar-refractivity contribution in [3.63, 3.8) is 0 Å². The lowest BCUT2D eigenvalue weighted by Crippen LogP contribution is -2.14. The largest absolute Gasteiger partial charge is 0.328 e. The molecule has 11 heavy (non-hydrogen) atoms. The van der Waals surface area contributed by atoms with Gasteiger partial charge in [-0.05, 0) is 20.3 Å². The Balaban J connectivity index is 3.69. The molecule has 62 valence electrons. The summed E-state index contributed by atoms with van der Waals surface area (Å²) >= 11 is 0. The van der Waals surface area contributed by atoms with Crippen LogP contribution in [-0.4, -0.2) is 6.04 Å². The fraction of sp³-hybridized carbons (Fsp3) is 0.400. The molecule has 1 unspecified atom stereocenters. The van der Waals surface area contributed by atoms with E-state index in [2.05, 4.69) is 6.58 Å². The fourth-order valence-electron chi connectivity index (χ4n) is 0.784. The molecule has 0 aromatic carbocycles. The molecule has 0 heterocycles. The second-order valence-corrected chi connectivity index (χ2v) is 2.72. The molecule has 1 atom stereocenters. The van der Waals surface area contributed by atoms with Crippen LogP contribution in [0.15, 0.2) is 36.5 Å². The maximum atomic E-state index is 5.58. The van der Waals surface area contributed by atoms with Gasteiger partial charge in [0.25, 0.3) is 0 Å². The first-order valence-electron chi connectivity index (χ1n) is 3.89. The molecular weight excluding hydrogens is 134 g/mol. The van der Waals surface area contributed by atoms with Crippen LogP contribution in [0.4, 0.5) is 0 Å². The minimum absolute atomic E-state index is 0.206. The summed E-state index contributed by atoms with van der Waals surface area (Å²) in [6.07, 6.45) is 8.80. The molecule has 0 spiro atoms. The third-order valence-corrected chi connectivity index (χ3v) is 1.22. The molecule has 0 radical (unpaired) electrons. The highest BCUT2D eigenvalue weighted by Gasteiger charge is 1.93. The molecule has 1 nitrogen and oxygen atoms in total. The molecule has 2 N–H and O–H groups in total. The summed E-state index contributed by atoms with van der Waals surface area (Å²) in [5, 5.41) is 0. The third-order valence-electron chi connectivity index (χ3n) is 1.22. The Morgan fingerprint density at radius 1 is 1.55 bits per heavy atom. The van der Waals surface area contributed by atoms with Crippen molar-refractivity contribution in [2.24, 2.45) is 5.73 Å². The summed E-state index contributed by atoms with van der Waals surface area (Å²) in [6, 6.07) is 0.206. The van der Waals surface area contributed by atoms with Gasteiger partial charge in [-0.15, -0.1) is 0 Å². The van der Waals surface area contributed by atoms with Crippen LogP contribution in [0.25, 0.3) is 0 Å². The zero-order chi connectivity index (χ0) is 8.69. The minimum Gasteiger partial charge on any atom is -0.328 e. The standard InChI is InChI=1S/C10H17N/c1-4-5-6-7-9(2)8-10(3)11/h4-7,10H,2,8,11H2,1,3H3. The number of hydrogen-bond acceptors (Lipinski definition) is 1. The van der Waals surface area contributed by atoms with Gasteiger partial charge in [0.2, 0.25) is 0 Å². The van der Waals surface area contributed by atoms with E-state index in [0.29, 0.717) is 0 Å². The lowest BCUT2D eigenvalue weighted by Gasteiger charge is -2.02. The van der Waals surface area contributed by atoms with E-state index in [-0.39, 0.29) is 6.04 Å². The van der Waals surface area contributed by atoms with E-state index in [4.69, 9.17) is 5.73 Å². The number of allylic oxidation sites excluding steroid dienone is 4. The van der Waals surface area contributed by atoms with Gasteiger partial charge >= 0.3 is 0 Å². The van der Waals surface area contributed by atoms with Gasteiger partial charge in [-0.25, -0.2) is 0 Å². The summed E-state index contributed by atoms with van der Waals surface area (Å²) in [5.41, 5.74) is 6.67. The highest BCUT2D eigenvalue weighted by atomic mass is 14.6. The van der Waals surface area contributed by atoms with Crippen molar-refractivity contribution in [3.05, 3.63) is 36.5 Å². The molecular formula is C10H17N. The molecule has 1 heteroatoms. The van der Waals surface area contributed by atoms with Gasteiger partial charge in [-0.2, -0.15) is 0 Å². The Morgan fingerprint density at radius 3 is 2.64 bits per heavy atom. The predicted octanol–water partition coefficient (Wildman–Crippen LogP) is 2.41. The average Bonchev–Trinajstić information content (AvgIpc) is 1.86. The van der Waals surface area contributed by atoms with E-state index < -0.39 is 0 Å². The van der Waals surface area contributed by atoms with Crippen LogP contribution >= 0.6 is 0 Å². The number of nitrogens with two attached hydrogens (primary N) is 1. The molecule has 0 bridgehead atoms. The van der Waals surface area contributed by atoms with E-state index in [1.807, 2.05) is 38.2 Å². The van der Waals surface area contributed by atoms with Crippen molar-refractivity contribution in [2.75, 3.05) is 0 Å². The summed E-state index contributed by atoms with van der Waals surface area (Å²) < 4.78 is 0. The Morgan fingerprint density at radius 2 is 2.18 bits per heavy atom. The normalized spacial score (nSPS) is 14.5. The molecule has 0 amide bonds. The van der Waals surface area contributed by atoms with Gasteiger partial charge in [-0.1, -0.05) is 36.5 Å². The monoisotopic (exact) mass is 151 g/mol. The van der Waals surface area contributed by atoms with E-state index in [0.717, 1.165) is 12.0 Å². The zero-order valence-corrected chi connectivity index (χ0v) is 7.38. The van der Waals surface area contributed by atoms with Crippen molar-refractivity contribution in [2.45, 2.75) is 26.3 Å². The average molecular weight is 151 g/mol. The molecule has 0 saturated heterocycles. The Bertz CT molecular complexity index is 164. The van der Waals surface area contributed by atoms with Gasteiger partial charge in [-0.3, -0.25) is 0 Å². The first kappa shape index (κ1) is 10.2. The second kappa shape index (κ2) is 5.93. The topological polar surface area (TPSA) is 26.0 Å². The maximum absolute atomic E-state index is 5.58. The van der Waals surface area contributed by atoms with Crippen LogP contribution in [0.5, 0.6) is 0 Å². The summed E-state index contributed by atoms with van der Waals surface area (Å²) in [5.74, 6) is 0. The SMILES string of the molecule is C=C(C=CC=CC)CC(C)N. The Labute approximate surface area is 69.3 Å². The van der Waals surface area contributed by atoms with Crippen LogP contribution in [0, 0.1) is 0 Å². The van der Waals surface area contributed by atoms with Crippen molar-refractivity contribution in [1.82, 2.24) is 0 Å². The van der Waals surface area contributed by atoms with Crippen LogP contribution < -0.4 is 5.73 Å². The lowest BCUT2D eigenvalue weighted by atomic mass is 10.1. The molecule has 0 aliphatic rings. The number of rotatable bonds is 4. The van der Waals surface area contributed by atoms with E-state index in [9.17, 15) is 0 Å². The fourth-order valence-corrected chi connectivity index (χ4v) is 0.784. The summed E-state index contributed by atoms with van der Waals surface area (Å²) in [4.78, 5) is 0. The summed E-state index contributed by atoms with van der Waals surface area (Å²) in [7, 11) is 0. The Kier molecular flexibility index (Phi) is 5.49. The Hall–Kier alpha value is -0.820. The molecule has 0 aliphatic heterocycles. The lowest BCUT2D eigenvalue weighted by molar-refractivity contribution is 0.742. The van der Waals surface area contributed by atoms with Crippen LogP contribution in [0.3, 0.4) is 0 Å². The molecule has 0 saturated carbocycles. The smallest absolute Gasteiger partial charge is 0.00506 e. The van der Waals surface area contributed by atoms with Crippen molar-refractivity contribution >= 4 is 0 Å². The summed E-state index contributed by atoms with van der Waals surface area (Å²) in [6.45, 7) is 7.83. The second-order valence-electron chi connectivity index (χ2n) is 2.72. The molecule has 0 rings (SSSR count). The minimum atomic E-state index is 0.206. The first-order chi connectivity index (χ1) is 5.16. The van der Waals surface area contributed by atoms with E-state index in [1.54, 1.807) is 0 Å². The van der Waals surface area contributed by atoms with E-state index >= 15 is 0 Å². The molecule has 0 fully saturated rings. The van der Waals surface area contributed by atoms with Gasteiger partial charge in [0.15, 0.2) is 0 Å². The van der Waals surface area contributed by atoms with Gasteiger partial charge < -0.3 is 5.73 Å². The van der Waals surface area contributed by atoms with Crippen LogP contribution in [0.2, 0.25) is 0 Å². The predicted molar refractivity (Wildman–Crippen MR) is 51.4 cm³/mol. The van der Waals surface area contributed by atoms with Gasteiger partial charge in [0.1, 0.15) is 0 Å². The highest BCUT2D eigenvalue weighted by Crippen LogP contribution is 2.02. The molecule has 0 aromatic heterocycles. The molecule has 0 aliphatic carbocycles. The van der Waals surface area contributed by atoms with Crippen molar-refractivity contribution in [3.8, 4) is 0 Å². The van der Waals surface area contributed by atoms with Crippen LogP contribution in [0.1, 0.15) is 20.3 Å². The highest BCUT2D eigenvalue weighted by molar-refractivity contribution is 5.19. The zero-order valence-electron chi connectivity index (χ0n) is 7.38.